The van der Waals surface area contributed by atoms with Crippen LogP contribution >= 0.6 is 0 Å². The minimum atomic E-state index is -0.934. The maximum absolute atomic E-state index is 12.7. The minimum Gasteiger partial charge on any atom is -0.493 e. The van der Waals surface area contributed by atoms with E-state index >= 15 is 0 Å². The zero-order chi connectivity index (χ0) is 15.7. The number of amides is 1. The Bertz CT molecular complexity index is 461. The summed E-state index contributed by atoms with van der Waals surface area (Å²) >= 11 is 0. The van der Waals surface area contributed by atoms with Gasteiger partial charge in [0.15, 0.2) is 0 Å². The third-order valence-electron chi connectivity index (χ3n) is 2.83. The lowest BCUT2D eigenvalue weighted by Crippen LogP contribution is -2.37. The van der Waals surface area contributed by atoms with Crippen LogP contribution < -0.4 is 10.1 Å². The average molecular weight is 297 g/mol. The molecule has 0 aliphatic carbocycles. The summed E-state index contributed by atoms with van der Waals surface area (Å²) in [4.78, 5) is 22.4. The molecule has 0 saturated heterocycles. The van der Waals surface area contributed by atoms with E-state index in [1.165, 1.54) is 24.3 Å². The van der Waals surface area contributed by atoms with Crippen molar-refractivity contribution in [2.24, 2.45) is 0 Å². The highest BCUT2D eigenvalue weighted by atomic mass is 19.1. The molecule has 1 aromatic carbocycles. The molecule has 1 aromatic rings. The van der Waals surface area contributed by atoms with Crippen molar-refractivity contribution in [1.29, 1.82) is 0 Å². The van der Waals surface area contributed by atoms with Gasteiger partial charge in [-0.15, -0.1) is 0 Å². The van der Waals surface area contributed by atoms with Crippen LogP contribution in [-0.2, 0) is 9.59 Å². The summed E-state index contributed by atoms with van der Waals surface area (Å²) in [5.74, 6) is -1.05. The van der Waals surface area contributed by atoms with Gasteiger partial charge in [0.1, 0.15) is 11.6 Å². The number of ether oxygens (including phenoxy) is 1. The van der Waals surface area contributed by atoms with Gasteiger partial charge in [0.25, 0.3) is 0 Å². The fourth-order valence-electron chi connectivity index (χ4n) is 1.88. The van der Waals surface area contributed by atoms with Crippen LogP contribution in [0, 0.1) is 5.82 Å². The summed E-state index contributed by atoms with van der Waals surface area (Å²) < 4.78 is 18.0. The Hall–Kier alpha value is -2.11. The van der Waals surface area contributed by atoms with Crippen molar-refractivity contribution in [3.63, 3.8) is 0 Å². The average Bonchev–Trinajstić information content (AvgIpc) is 2.40. The second-order valence-corrected chi connectivity index (χ2v) is 4.70. The van der Waals surface area contributed by atoms with E-state index in [0.717, 1.165) is 6.42 Å². The molecule has 1 unspecified atom stereocenters. The molecule has 0 radical (unpaired) electrons. The minimum absolute atomic E-state index is 0.0849. The Morgan fingerprint density at radius 1 is 1.33 bits per heavy atom. The number of carboxylic acid groups (broad SMARTS) is 1. The van der Waals surface area contributed by atoms with Crippen LogP contribution in [0.5, 0.6) is 5.75 Å². The molecular formula is C15H20FNO4. The zero-order valence-electron chi connectivity index (χ0n) is 12.0. The molecular weight excluding hydrogens is 277 g/mol. The second kappa shape index (κ2) is 8.94. The van der Waals surface area contributed by atoms with Gasteiger partial charge in [-0.05, 0) is 30.7 Å². The van der Waals surface area contributed by atoms with Gasteiger partial charge in [0.2, 0.25) is 5.91 Å². The molecule has 1 amide bonds. The molecule has 0 heterocycles. The molecule has 0 aliphatic heterocycles. The monoisotopic (exact) mass is 297 g/mol. The first-order valence-electron chi connectivity index (χ1n) is 6.90. The molecule has 0 aromatic heterocycles. The standard InChI is InChI=1S/C15H20FNO4/c1-2-3-12(10-15(19)20)17-14(18)8-9-21-13-6-4-11(16)5-7-13/h4-7,12H,2-3,8-10H2,1H3,(H,17,18)(H,19,20). The van der Waals surface area contributed by atoms with Crippen molar-refractivity contribution in [3.05, 3.63) is 30.1 Å². The second-order valence-electron chi connectivity index (χ2n) is 4.70. The first kappa shape index (κ1) is 16.9. The van der Waals surface area contributed by atoms with Gasteiger partial charge < -0.3 is 15.2 Å². The molecule has 2 N–H and O–H groups in total. The summed E-state index contributed by atoms with van der Waals surface area (Å²) in [6, 6.07) is 5.17. The number of nitrogens with one attached hydrogen (secondary N) is 1. The van der Waals surface area contributed by atoms with Gasteiger partial charge in [-0.2, -0.15) is 0 Å². The van der Waals surface area contributed by atoms with Gasteiger partial charge in [-0.1, -0.05) is 13.3 Å². The number of benzene rings is 1. The third-order valence-corrected chi connectivity index (χ3v) is 2.83. The van der Waals surface area contributed by atoms with Gasteiger partial charge in [0, 0.05) is 6.04 Å². The lowest BCUT2D eigenvalue weighted by atomic mass is 10.1. The first-order valence-corrected chi connectivity index (χ1v) is 6.90. The van der Waals surface area contributed by atoms with E-state index in [-0.39, 0.29) is 37.2 Å². The number of halogens is 1. The highest BCUT2D eigenvalue weighted by Crippen LogP contribution is 2.11. The number of hydrogen-bond donors (Lipinski definition) is 2. The quantitative estimate of drug-likeness (QED) is 0.733. The largest absolute Gasteiger partial charge is 0.493 e. The Morgan fingerprint density at radius 2 is 2.00 bits per heavy atom. The SMILES string of the molecule is CCCC(CC(=O)O)NC(=O)CCOc1ccc(F)cc1. The van der Waals surface area contributed by atoms with E-state index in [1.54, 1.807) is 0 Å². The maximum atomic E-state index is 12.7. The molecule has 1 rings (SSSR count). The van der Waals surface area contributed by atoms with Crippen LogP contribution in [0.3, 0.4) is 0 Å². The molecule has 0 aliphatic rings. The highest BCUT2D eigenvalue weighted by molar-refractivity contribution is 5.77. The normalized spacial score (nSPS) is 11.7. The zero-order valence-corrected chi connectivity index (χ0v) is 12.0. The predicted molar refractivity (Wildman–Crippen MR) is 75.6 cm³/mol. The van der Waals surface area contributed by atoms with E-state index in [2.05, 4.69) is 5.32 Å². The molecule has 5 nitrogen and oxygen atoms in total. The molecule has 116 valence electrons. The molecule has 0 spiro atoms. The first-order chi connectivity index (χ1) is 10.0. The van der Waals surface area contributed by atoms with Crippen molar-refractivity contribution >= 4 is 11.9 Å². The highest BCUT2D eigenvalue weighted by Gasteiger charge is 2.14. The predicted octanol–water partition coefficient (Wildman–Crippen LogP) is 2.35. The Kier molecular flexibility index (Phi) is 7.21. The number of aliphatic carboxylic acids is 1. The summed E-state index contributed by atoms with van der Waals surface area (Å²) in [7, 11) is 0. The molecule has 21 heavy (non-hydrogen) atoms. The van der Waals surface area contributed by atoms with Crippen molar-refractivity contribution in [2.45, 2.75) is 38.6 Å². The van der Waals surface area contributed by atoms with Gasteiger partial charge in [-0.3, -0.25) is 9.59 Å². The van der Waals surface area contributed by atoms with Crippen LogP contribution in [-0.4, -0.2) is 29.6 Å². The van der Waals surface area contributed by atoms with Gasteiger partial charge in [-0.25, -0.2) is 4.39 Å². The lowest BCUT2D eigenvalue weighted by Gasteiger charge is -2.16. The number of hydrogen-bond acceptors (Lipinski definition) is 3. The summed E-state index contributed by atoms with van der Waals surface area (Å²) in [6.07, 6.45) is 1.46. The van der Waals surface area contributed by atoms with Crippen molar-refractivity contribution in [1.82, 2.24) is 5.32 Å². The number of carbonyl (C=O) groups excluding carboxylic acids is 1. The number of carbonyl (C=O) groups is 2. The maximum Gasteiger partial charge on any atom is 0.305 e. The summed E-state index contributed by atoms with van der Waals surface area (Å²) in [5.41, 5.74) is 0. The number of carboxylic acids is 1. The number of rotatable bonds is 9. The van der Waals surface area contributed by atoms with Crippen LogP contribution in [0.15, 0.2) is 24.3 Å². The van der Waals surface area contributed by atoms with Gasteiger partial charge >= 0.3 is 5.97 Å². The van der Waals surface area contributed by atoms with Crippen LogP contribution in [0.1, 0.15) is 32.6 Å². The van der Waals surface area contributed by atoms with E-state index in [1.807, 2.05) is 6.92 Å². The fraction of sp³-hybridized carbons (Fsp3) is 0.467. The fourth-order valence-corrected chi connectivity index (χ4v) is 1.88. The summed E-state index contributed by atoms with van der Waals surface area (Å²) in [6.45, 7) is 2.09. The van der Waals surface area contributed by atoms with Crippen LogP contribution in [0.25, 0.3) is 0 Å². The Balaban J connectivity index is 2.31. The van der Waals surface area contributed by atoms with Gasteiger partial charge in [0.05, 0.1) is 19.4 Å². The van der Waals surface area contributed by atoms with E-state index < -0.39 is 5.97 Å². The lowest BCUT2D eigenvalue weighted by molar-refractivity contribution is -0.137. The van der Waals surface area contributed by atoms with Crippen molar-refractivity contribution in [3.8, 4) is 5.75 Å². The van der Waals surface area contributed by atoms with Crippen molar-refractivity contribution < 1.29 is 23.8 Å². The van der Waals surface area contributed by atoms with Crippen molar-refractivity contribution in [2.75, 3.05) is 6.61 Å². The van der Waals surface area contributed by atoms with Crippen LogP contribution in [0.4, 0.5) is 4.39 Å². The smallest absolute Gasteiger partial charge is 0.305 e. The Labute approximate surface area is 123 Å². The van der Waals surface area contributed by atoms with Crippen LogP contribution in [0.2, 0.25) is 0 Å². The molecule has 1 atom stereocenters. The molecule has 0 bridgehead atoms. The topological polar surface area (TPSA) is 75.6 Å². The summed E-state index contributed by atoms with van der Waals surface area (Å²) in [5, 5.41) is 11.4. The van der Waals surface area contributed by atoms with E-state index in [0.29, 0.717) is 12.2 Å². The molecule has 6 heteroatoms. The Morgan fingerprint density at radius 3 is 2.57 bits per heavy atom. The molecule has 0 fully saturated rings. The van der Waals surface area contributed by atoms with E-state index in [4.69, 9.17) is 9.84 Å². The molecule has 0 saturated carbocycles. The van der Waals surface area contributed by atoms with E-state index in [9.17, 15) is 14.0 Å². The third kappa shape index (κ3) is 7.29.